The Morgan fingerprint density at radius 1 is 1.47 bits per heavy atom. The van der Waals surface area contributed by atoms with Crippen LogP contribution in [0.5, 0.6) is 0 Å². The van der Waals surface area contributed by atoms with Crippen molar-refractivity contribution in [1.29, 1.82) is 0 Å². The van der Waals surface area contributed by atoms with Crippen LogP contribution in [-0.2, 0) is 9.53 Å². The zero-order chi connectivity index (χ0) is 11.7. The molecule has 0 bridgehead atoms. The summed E-state index contributed by atoms with van der Waals surface area (Å²) in [5, 5.41) is 2.78. The number of esters is 1. The average Bonchev–Trinajstić information content (AvgIpc) is 2.48. The van der Waals surface area contributed by atoms with Crippen LogP contribution in [0.3, 0.4) is 0 Å². The summed E-state index contributed by atoms with van der Waals surface area (Å²) >= 11 is 0. The molecule has 1 fully saturated rings. The molecule has 0 aromatic carbocycles. The summed E-state index contributed by atoms with van der Waals surface area (Å²) in [6.45, 7) is 5.45. The highest BCUT2D eigenvalue weighted by atomic mass is 19.3. The van der Waals surface area contributed by atoms with Crippen LogP contribution >= 0.6 is 0 Å². The second kappa shape index (κ2) is 4.04. The lowest BCUT2D eigenvalue weighted by atomic mass is 9.87. The second-order valence-corrected chi connectivity index (χ2v) is 4.89. The molecule has 0 aromatic rings. The Labute approximate surface area is 88.2 Å². The summed E-state index contributed by atoms with van der Waals surface area (Å²) in [5.41, 5.74) is -2.37. The van der Waals surface area contributed by atoms with E-state index in [2.05, 4.69) is 5.32 Å². The molecule has 15 heavy (non-hydrogen) atoms. The molecule has 0 aromatic heterocycles. The lowest BCUT2D eigenvalue weighted by Crippen LogP contribution is -2.44. The fourth-order valence-electron chi connectivity index (χ4n) is 1.54. The van der Waals surface area contributed by atoms with Crippen molar-refractivity contribution in [2.45, 2.75) is 39.2 Å². The zero-order valence-corrected chi connectivity index (χ0v) is 9.27. The highest BCUT2D eigenvalue weighted by molar-refractivity contribution is 5.78. The van der Waals surface area contributed by atoms with Gasteiger partial charge in [-0.1, -0.05) is 0 Å². The third-order valence-corrected chi connectivity index (χ3v) is 2.41. The van der Waals surface area contributed by atoms with Gasteiger partial charge in [0, 0.05) is 6.54 Å². The molecule has 0 aliphatic carbocycles. The van der Waals surface area contributed by atoms with E-state index in [0.717, 1.165) is 0 Å². The van der Waals surface area contributed by atoms with E-state index in [0.29, 0.717) is 6.54 Å². The fourth-order valence-corrected chi connectivity index (χ4v) is 1.54. The number of nitrogens with one attached hydrogen (secondary N) is 1. The molecule has 0 saturated carbocycles. The largest absolute Gasteiger partial charge is 0.459 e. The van der Waals surface area contributed by atoms with Crippen molar-refractivity contribution >= 4 is 5.97 Å². The first-order chi connectivity index (χ1) is 6.78. The number of alkyl halides is 2. The summed E-state index contributed by atoms with van der Waals surface area (Å²) < 4.78 is 30.8. The first kappa shape index (κ1) is 12.4. The number of carbonyl (C=O) groups excluding carboxylic acids is 1. The molecule has 5 heteroatoms. The van der Waals surface area contributed by atoms with E-state index in [4.69, 9.17) is 4.74 Å². The van der Waals surface area contributed by atoms with Crippen LogP contribution in [0.1, 0.15) is 27.2 Å². The third-order valence-electron chi connectivity index (χ3n) is 2.41. The molecule has 1 saturated heterocycles. The van der Waals surface area contributed by atoms with Crippen molar-refractivity contribution in [2.24, 2.45) is 5.41 Å². The molecule has 1 atom stereocenters. The number of ether oxygens (including phenoxy) is 1. The number of rotatable bonds is 2. The minimum absolute atomic E-state index is 0.000417. The topological polar surface area (TPSA) is 38.3 Å². The highest BCUT2D eigenvalue weighted by Gasteiger charge is 2.51. The van der Waals surface area contributed by atoms with Crippen molar-refractivity contribution < 1.29 is 18.3 Å². The summed E-state index contributed by atoms with van der Waals surface area (Å²) in [5.74, 6) is -0.796. The van der Waals surface area contributed by atoms with E-state index in [9.17, 15) is 13.6 Å². The predicted molar refractivity (Wildman–Crippen MR) is 51.8 cm³/mol. The van der Waals surface area contributed by atoms with Gasteiger partial charge in [-0.3, -0.25) is 4.79 Å². The van der Waals surface area contributed by atoms with E-state index in [1.807, 2.05) is 0 Å². The van der Waals surface area contributed by atoms with Gasteiger partial charge < -0.3 is 10.1 Å². The van der Waals surface area contributed by atoms with E-state index in [1.165, 1.54) is 0 Å². The van der Waals surface area contributed by atoms with Crippen molar-refractivity contribution in [2.75, 3.05) is 13.1 Å². The van der Waals surface area contributed by atoms with Crippen molar-refractivity contribution in [3.8, 4) is 0 Å². The molecule has 1 heterocycles. The molecule has 1 N–H and O–H groups in total. The van der Waals surface area contributed by atoms with Crippen molar-refractivity contribution in [3.63, 3.8) is 0 Å². The highest BCUT2D eigenvalue weighted by Crippen LogP contribution is 2.35. The second-order valence-electron chi connectivity index (χ2n) is 4.89. The molecule has 0 amide bonds. The lowest BCUT2D eigenvalue weighted by Gasteiger charge is -2.29. The third kappa shape index (κ3) is 2.65. The smallest absolute Gasteiger partial charge is 0.319 e. The van der Waals surface area contributed by atoms with Crippen LogP contribution in [0, 0.1) is 5.41 Å². The number of halogens is 2. The molecular formula is C10H17F2NO2. The van der Waals surface area contributed by atoms with Crippen LogP contribution < -0.4 is 5.32 Å². The van der Waals surface area contributed by atoms with Gasteiger partial charge in [0.15, 0.2) is 0 Å². The van der Waals surface area contributed by atoms with Gasteiger partial charge >= 0.3 is 5.97 Å². The van der Waals surface area contributed by atoms with Gasteiger partial charge in [0.1, 0.15) is 11.0 Å². The Morgan fingerprint density at radius 2 is 2.07 bits per heavy atom. The summed E-state index contributed by atoms with van der Waals surface area (Å²) in [6, 6.07) is 0. The molecular weight excluding hydrogens is 204 g/mol. The predicted octanol–water partition coefficient (Wildman–Crippen LogP) is 1.57. The SMILES string of the molecule is CC(C)(C)OC(=O)C1(C(F)F)CCNC1. The van der Waals surface area contributed by atoms with Crippen LogP contribution in [-0.4, -0.2) is 31.1 Å². The molecule has 0 spiro atoms. The molecule has 1 unspecified atom stereocenters. The monoisotopic (exact) mass is 221 g/mol. The van der Waals surface area contributed by atoms with Gasteiger partial charge in [0.2, 0.25) is 0 Å². The average molecular weight is 221 g/mol. The number of hydrogen-bond donors (Lipinski definition) is 1. The number of hydrogen-bond acceptors (Lipinski definition) is 3. The Balaban J connectivity index is 2.77. The summed E-state index contributed by atoms with van der Waals surface area (Å²) in [7, 11) is 0. The minimum atomic E-state index is -2.68. The first-order valence-corrected chi connectivity index (χ1v) is 5.00. The Morgan fingerprint density at radius 3 is 2.40 bits per heavy atom. The van der Waals surface area contributed by atoms with E-state index >= 15 is 0 Å². The van der Waals surface area contributed by atoms with Gasteiger partial charge in [0.05, 0.1) is 0 Å². The molecule has 3 nitrogen and oxygen atoms in total. The minimum Gasteiger partial charge on any atom is -0.459 e. The van der Waals surface area contributed by atoms with Gasteiger partial charge in [-0.2, -0.15) is 0 Å². The summed E-state index contributed by atoms with van der Waals surface area (Å²) in [6.07, 6.45) is -2.54. The summed E-state index contributed by atoms with van der Waals surface area (Å²) in [4.78, 5) is 11.7. The maximum absolute atomic E-state index is 12.9. The van der Waals surface area contributed by atoms with E-state index < -0.39 is 23.4 Å². The first-order valence-electron chi connectivity index (χ1n) is 5.00. The Hall–Kier alpha value is -0.710. The van der Waals surface area contributed by atoms with Gasteiger partial charge in [0.25, 0.3) is 6.43 Å². The maximum atomic E-state index is 12.9. The standard InChI is InChI=1S/C10H17F2NO2/c1-9(2,3)15-8(14)10(7(11)12)4-5-13-6-10/h7,13H,4-6H2,1-3H3. The fraction of sp³-hybridized carbons (Fsp3) is 0.900. The Bertz CT molecular complexity index is 242. The van der Waals surface area contributed by atoms with E-state index in [1.54, 1.807) is 20.8 Å². The molecule has 1 rings (SSSR count). The van der Waals surface area contributed by atoms with Gasteiger partial charge in [-0.25, -0.2) is 8.78 Å². The quantitative estimate of drug-likeness (QED) is 0.719. The lowest BCUT2D eigenvalue weighted by molar-refractivity contribution is -0.175. The van der Waals surface area contributed by atoms with Crippen LogP contribution in [0.2, 0.25) is 0 Å². The van der Waals surface area contributed by atoms with Crippen molar-refractivity contribution in [3.05, 3.63) is 0 Å². The van der Waals surface area contributed by atoms with Gasteiger partial charge in [-0.05, 0) is 33.7 Å². The van der Waals surface area contributed by atoms with Crippen molar-refractivity contribution in [1.82, 2.24) is 5.32 Å². The van der Waals surface area contributed by atoms with Crippen LogP contribution in [0.4, 0.5) is 8.78 Å². The molecule has 0 radical (unpaired) electrons. The van der Waals surface area contributed by atoms with E-state index in [-0.39, 0.29) is 13.0 Å². The van der Waals surface area contributed by atoms with Gasteiger partial charge in [-0.15, -0.1) is 0 Å². The van der Waals surface area contributed by atoms with Crippen LogP contribution in [0.15, 0.2) is 0 Å². The molecule has 1 aliphatic rings. The molecule has 88 valence electrons. The number of carbonyl (C=O) groups is 1. The molecule has 1 aliphatic heterocycles. The normalized spacial score (nSPS) is 27.1. The maximum Gasteiger partial charge on any atom is 0.319 e. The zero-order valence-electron chi connectivity index (χ0n) is 9.27. The Kier molecular flexibility index (Phi) is 3.33. The van der Waals surface area contributed by atoms with Crippen LogP contribution in [0.25, 0.3) is 0 Å².